The number of allylic oxidation sites excluding steroid dienone is 3. The molecule has 0 amide bonds. The van der Waals surface area contributed by atoms with Gasteiger partial charge in [-0.2, -0.15) is 11.8 Å². The molecule has 138 valence electrons. The molecule has 0 bridgehead atoms. The molecule has 0 aromatic heterocycles. The molecule has 0 radical (unpaired) electrons. The first kappa shape index (κ1) is 19.5. The molecule has 0 heterocycles. The third-order valence-corrected chi connectivity index (χ3v) is 5.20. The van der Waals surface area contributed by atoms with Crippen molar-refractivity contribution in [2.24, 2.45) is 17.7 Å². The van der Waals surface area contributed by atoms with E-state index in [1.54, 1.807) is 0 Å². The van der Waals surface area contributed by atoms with Crippen molar-refractivity contribution in [2.45, 2.75) is 65.2 Å². The number of rotatable bonds is 8. The van der Waals surface area contributed by atoms with E-state index < -0.39 is 0 Å². The van der Waals surface area contributed by atoms with Gasteiger partial charge in [-0.1, -0.05) is 43.6 Å². The summed E-state index contributed by atoms with van der Waals surface area (Å²) in [6.45, 7) is 10.6. The van der Waals surface area contributed by atoms with Crippen molar-refractivity contribution in [1.29, 1.82) is 0 Å². The van der Waals surface area contributed by atoms with Gasteiger partial charge in [0, 0.05) is 11.5 Å². The second-order valence-electron chi connectivity index (χ2n) is 7.23. The van der Waals surface area contributed by atoms with Crippen molar-refractivity contribution in [3.63, 3.8) is 0 Å². The van der Waals surface area contributed by atoms with Crippen molar-refractivity contribution >= 4 is 0 Å². The molecule has 0 aliphatic heterocycles. The highest BCUT2D eigenvalue weighted by Crippen LogP contribution is 2.46. The van der Waals surface area contributed by atoms with E-state index in [4.69, 9.17) is 21.5 Å². The van der Waals surface area contributed by atoms with Gasteiger partial charge in [0.1, 0.15) is 0 Å². The first-order valence-corrected chi connectivity index (χ1v) is 9.24. The number of aryl methyl sites for hydroxylation is 1. The lowest BCUT2D eigenvalue weighted by atomic mass is 9.73. The zero-order valence-electron chi connectivity index (χ0n) is 15.8. The van der Waals surface area contributed by atoms with E-state index in [-0.39, 0.29) is 5.92 Å². The molecule has 25 heavy (non-hydrogen) atoms. The summed E-state index contributed by atoms with van der Waals surface area (Å²) in [6.07, 6.45) is 8.90. The SMILES string of the molecule is C=C(C)C1CCC(C)=CC1c1c(ON)cc(CCCCC)cc1ON. The Morgan fingerprint density at radius 3 is 2.36 bits per heavy atom. The quantitative estimate of drug-likeness (QED) is 0.398. The lowest BCUT2D eigenvalue weighted by Gasteiger charge is -2.32. The fourth-order valence-corrected chi connectivity index (χ4v) is 3.81. The first-order chi connectivity index (χ1) is 12.0. The highest BCUT2D eigenvalue weighted by Gasteiger charge is 2.31. The summed E-state index contributed by atoms with van der Waals surface area (Å²) >= 11 is 0. The molecule has 0 spiro atoms. The number of hydrogen-bond donors (Lipinski definition) is 2. The molecule has 1 aromatic rings. The van der Waals surface area contributed by atoms with E-state index in [1.165, 1.54) is 18.4 Å². The molecule has 4 heteroatoms. The Balaban J connectivity index is 2.47. The molecule has 1 aliphatic rings. The Morgan fingerprint density at radius 1 is 1.20 bits per heavy atom. The van der Waals surface area contributed by atoms with Gasteiger partial charge in [0.2, 0.25) is 0 Å². The first-order valence-electron chi connectivity index (χ1n) is 9.24. The molecule has 2 unspecified atom stereocenters. The van der Waals surface area contributed by atoms with Gasteiger partial charge in [0.05, 0.1) is 0 Å². The highest BCUT2D eigenvalue weighted by atomic mass is 16.6. The second kappa shape index (κ2) is 9.07. The van der Waals surface area contributed by atoms with Crippen LogP contribution >= 0.6 is 0 Å². The Kier molecular flexibility index (Phi) is 7.09. The molecule has 4 N–H and O–H groups in total. The van der Waals surface area contributed by atoms with Crippen molar-refractivity contribution < 1.29 is 9.68 Å². The minimum atomic E-state index is 0.119. The summed E-state index contributed by atoms with van der Waals surface area (Å²) in [7, 11) is 0. The maximum Gasteiger partial charge on any atom is 0.154 e. The third kappa shape index (κ3) is 4.65. The van der Waals surface area contributed by atoms with E-state index in [2.05, 4.69) is 33.4 Å². The second-order valence-corrected chi connectivity index (χ2v) is 7.23. The average molecular weight is 344 g/mol. The van der Waals surface area contributed by atoms with Crippen LogP contribution in [0.4, 0.5) is 0 Å². The lowest BCUT2D eigenvalue weighted by Crippen LogP contribution is -2.20. The lowest BCUT2D eigenvalue weighted by molar-refractivity contribution is 0.301. The van der Waals surface area contributed by atoms with Gasteiger partial charge in [-0.15, -0.1) is 0 Å². The van der Waals surface area contributed by atoms with Crippen LogP contribution in [0.3, 0.4) is 0 Å². The van der Waals surface area contributed by atoms with E-state index in [9.17, 15) is 0 Å². The van der Waals surface area contributed by atoms with Crippen LogP contribution < -0.4 is 21.5 Å². The molecular formula is C21H32N2O2. The van der Waals surface area contributed by atoms with Crippen LogP contribution in [-0.4, -0.2) is 0 Å². The minimum absolute atomic E-state index is 0.119. The molecule has 0 saturated heterocycles. The topological polar surface area (TPSA) is 70.5 Å². The smallest absolute Gasteiger partial charge is 0.154 e. The summed E-state index contributed by atoms with van der Waals surface area (Å²) in [5.74, 6) is 13.0. The summed E-state index contributed by atoms with van der Waals surface area (Å²) in [5.41, 5.74) is 4.59. The third-order valence-electron chi connectivity index (χ3n) is 5.20. The molecule has 2 atom stereocenters. The van der Waals surface area contributed by atoms with Crippen LogP contribution in [0.2, 0.25) is 0 Å². The number of nitrogens with two attached hydrogens (primary N) is 2. The fraction of sp³-hybridized carbons (Fsp3) is 0.524. The standard InChI is InChI=1S/C21H32N2O2/c1-5-6-7-8-16-12-19(24-22)21(20(13-16)25-23)18-11-15(4)9-10-17(18)14(2)3/h11-13,17-18H,2,5-10,22-23H2,1,3-4H3. The Labute approximate surface area is 151 Å². The summed E-state index contributed by atoms with van der Waals surface area (Å²) in [4.78, 5) is 10.5. The van der Waals surface area contributed by atoms with Gasteiger partial charge in [0.15, 0.2) is 11.5 Å². The van der Waals surface area contributed by atoms with Crippen LogP contribution in [0, 0.1) is 5.92 Å². The minimum Gasteiger partial charge on any atom is -0.411 e. The van der Waals surface area contributed by atoms with Crippen molar-refractivity contribution in [1.82, 2.24) is 0 Å². The maximum absolute atomic E-state index is 5.62. The van der Waals surface area contributed by atoms with E-state index in [1.807, 2.05) is 12.1 Å². The van der Waals surface area contributed by atoms with Crippen LogP contribution in [-0.2, 0) is 6.42 Å². The van der Waals surface area contributed by atoms with Crippen molar-refractivity contribution in [3.8, 4) is 11.5 Å². The monoisotopic (exact) mass is 344 g/mol. The molecular weight excluding hydrogens is 312 g/mol. The molecule has 1 aromatic carbocycles. The summed E-state index contributed by atoms with van der Waals surface area (Å²) < 4.78 is 0. The largest absolute Gasteiger partial charge is 0.411 e. The fourth-order valence-electron chi connectivity index (χ4n) is 3.81. The predicted octanol–water partition coefficient (Wildman–Crippen LogP) is 4.94. The van der Waals surface area contributed by atoms with E-state index in [0.29, 0.717) is 17.4 Å². The molecule has 0 saturated carbocycles. The van der Waals surface area contributed by atoms with Gasteiger partial charge in [-0.05, 0) is 63.1 Å². The predicted molar refractivity (Wildman–Crippen MR) is 103 cm³/mol. The zero-order chi connectivity index (χ0) is 18.4. The Morgan fingerprint density at radius 2 is 1.84 bits per heavy atom. The normalized spacial score (nSPS) is 20.1. The zero-order valence-corrected chi connectivity index (χ0v) is 15.8. The van der Waals surface area contributed by atoms with Gasteiger partial charge in [-0.25, -0.2) is 0 Å². The number of benzene rings is 1. The van der Waals surface area contributed by atoms with Gasteiger partial charge in [0.25, 0.3) is 0 Å². The summed E-state index contributed by atoms with van der Waals surface area (Å²) in [6, 6.07) is 4.06. The number of unbranched alkanes of at least 4 members (excludes halogenated alkanes) is 2. The van der Waals surface area contributed by atoms with Crippen LogP contribution in [0.1, 0.15) is 69.9 Å². The van der Waals surface area contributed by atoms with E-state index >= 15 is 0 Å². The van der Waals surface area contributed by atoms with Crippen molar-refractivity contribution in [2.75, 3.05) is 0 Å². The molecule has 4 nitrogen and oxygen atoms in total. The van der Waals surface area contributed by atoms with Gasteiger partial charge in [-0.3, -0.25) is 0 Å². The van der Waals surface area contributed by atoms with Crippen LogP contribution in [0.15, 0.2) is 35.9 Å². The van der Waals surface area contributed by atoms with Gasteiger partial charge >= 0.3 is 0 Å². The van der Waals surface area contributed by atoms with Crippen LogP contribution in [0.5, 0.6) is 11.5 Å². The number of hydrogen-bond acceptors (Lipinski definition) is 4. The highest BCUT2D eigenvalue weighted by molar-refractivity contribution is 5.53. The Bertz CT molecular complexity index is 612. The van der Waals surface area contributed by atoms with Gasteiger partial charge < -0.3 is 9.68 Å². The summed E-state index contributed by atoms with van der Waals surface area (Å²) in [5, 5.41) is 0. The molecule has 0 fully saturated rings. The Hall–Kier alpha value is -1.78. The molecule has 1 aliphatic carbocycles. The van der Waals surface area contributed by atoms with E-state index in [0.717, 1.165) is 42.4 Å². The van der Waals surface area contributed by atoms with Crippen molar-refractivity contribution in [3.05, 3.63) is 47.1 Å². The maximum atomic E-state index is 5.62. The van der Waals surface area contributed by atoms with Crippen LogP contribution in [0.25, 0.3) is 0 Å². The molecule has 2 rings (SSSR count). The average Bonchev–Trinajstić information content (AvgIpc) is 2.60.